The molecule has 1 aliphatic rings. The summed E-state index contributed by atoms with van der Waals surface area (Å²) in [7, 11) is 0. The van der Waals surface area contributed by atoms with Crippen molar-refractivity contribution in [1.29, 1.82) is 0 Å². The van der Waals surface area contributed by atoms with Gasteiger partial charge in [-0.1, -0.05) is 19.1 Å². The number of ether oxygens (including phenoxy) is 2. The molecule has 1 aromatic carbocycles. The van der Waals surface area contributed by atoms with Crippen molar-refractivity contribution in [3.05, 3.63) is 42.2 Å². The summed E-state index contributed by atoms with van der Waals surface area (Å²) in [6.45, 7) is 2.79. The Balaban J connectivity index is 2.02. The Bertz CT molecular complexity index is 406. The zero-order valence-corrected chi connectivity index (χ0v) is 9.89. The Morgan fingerprint density at radius 1 is 1.35 bits per heavy atom. The smallest absolute Gasteiger partial charge is 0.162 e. The van der Waals surface area contributed by atoms with Crippen molar-refractivity contribution in [2.75, 3.05) is 6.61 Å². The number of hydrogen-bond acceptors (Lipinski definition) is 3. The molecular formula is C14H16O3. The Hall–Kier alpha value is -1.77. The number of benzene rings is 1. The Morgan fingerprint density at radius 3 is 2.76 bits per heavy atom. The Morgan fingerprint density at radius 2 is 2.12 bits per heavy atom. The van der Waals surface area contributed by atoms with Gasteiger partial charge in [0.25, 0.3) is 0 Å². The molecule has 0 bridgehead atoms. The quantitative estimate of drug-likeness (QED) is 0.800. The highest BCUT2D eigenvalue weighted by atomic mass is 16.5. The van der Waals surface area contributed by atoms with Crippen molar-refractivity contribution in [2.45, 2.75) is 25.9 Å². The zero-order chi connectivity index (χ0) is 12.1. The highest BCUT2D eigenvalue weighted by Crippen LogP contribution is 2.26. The summed E-state index contributed by atoms with van der Waals surface area (Å²) in [6.07, 6.45) is 4.18. The lowest BCUT2D eigenvalue weighted by Crippen LogP contribution is -2.11. The molecule has 90 valence electrons. The zero-order valence-electron chi connectivity index (χ0n) is 9.89. The van der Waals surface area contributed by atoms with Crippen LogP contribution in [0.25, 0.3) is 0 Å². The lowest BCUT2D eigenvalue weighted by molar-refractivity contribution is -0.118. The van der Waals surface area contributed by atoms with Crippen molar-refractivity contribution < 1.29 is 14.3 Å². The van der Waals surface area contributed by atoms with Gasteiger partial charge in [-0.15, -0.1) is 0 Å². The van der Waals surface area contributed by atoms with Crippen molar-refractivity contribution >= 4 is 5.78 Å². The van der Waals surface area contributed by atoms with Crippen LogP contribution < -0.4 is 4.74 Å². The van der Waals surface area contributed by atoms with E-state index in [4.69, 9.17) is 9.47 Å². The molecule has 1 aromatic rings. The first kappa shape index (κ1) is 11.7. The molecule has 3 heteroatoms. The maximum Gasteiger partial charge on any atom is 0.162 e. The molecule has 0 spiro atoms. The monoisotopic (exact) mass is 232 g/mol. The van der Waals surface area contributed by atoms with E-state index >= 15 is 0 Å². The summed E-state index contributed by atoms with van der Waals surface area (Å²) in [5.41, 5.74) is 1.01. The van der Waals surface area contributed by atoms with E-state index in [9.17, 15) is 4.79 Å². The van der Waals surface area contributed by atoms with Gasteiger partial charge in [0.1, 0.15) is 11.9 Å². The summed E-state index contributed by atoms with van der Waals surface area (Å²) in [5.74, 6) is 0.959. The van der Waals surface area contributed by atoms with Gasteiger partial charge in [-0.25, -0.2) is 0 Å². The molecule has 0 aliphatic carbocycles. The minimum atomic E-state index is -0.160. The molecule has 1 unspecified atom stereocenters. The molecule has 0 aromatic heterocycles. The largest absolute Gasteiger partial charge is 0.494 e. The normalized spacial score (nSPS) is 18.9. The Kier molecular flexibility index (Phi) is 3.81. The minimum Gasteiger partial charge on any atom is -0.494 e. The van der Waals surface area contributed by atoms with Crippen LogP contribution in [-0.2, 0) is 9.53 Å². The number of rotatable bonds is 4. The molecule has 0 N–H and O–H groups in total. The second-order valence-electron chi connectivity index (χ2n) is 4.02. The first-order valence-electron chi connectivity index (χ1n) is 5.87. The predicted octanol–water partition coefficient (Wildman–Crippen LogP) is 3.02. The number of hydrogen-bond donors (Lipinski definition) is 0. The van der Waals surface area contributed by atoms with E-state index in [1.807, 2.05) is 24.3 Å². The first-order chi connectivity index (χ1) is 8.29. The molecular weight excluding hydrogens is 216 g/mol. The topological polar surface area (TPSA) is 35.5 Å². The lowest BCUT2D eigenvalue weighted by atomic mass is 10.0. The molecule has 17 heavy (non-hydrogen) atoms. The van der Waals surface area contributed by atoms with E-state index in [1.165, 1.54) is 12.3 Å². The molecule has 3 nitrogen and oxygen atoms in total. The highest BCUT2D eigenvalue weighted by molar-refractivity contribution is 5.90. The summed E-state index contributed by atoms with van der Waals surface area (Å²) in [6, 6.07) is 7.72. The summed E-state index contributed by atoms with van der Waals surface area (Å²) >= 11 is 0. The average molecular weight is 232 g/mol. The molecule has 2 rings (SSSR count). The van der Waals surface area contributed by atoms with E-state index in [0.717, 1.165) is 24.3 Å². The van der Waals surface area contributed by atoms with Crippen LogP contribution in [-0.4, -0.2) is 12.4 Å². The molecule has 1 atom stereocenters. The summed E-state index contributed by atoms with van der Waals surface area (Å²) < 4.78 is 10.9. The average Bonchev–Trinajstić information content (AvgIpc) is 2.37. The second-order valence-corrected chi connectivity index (χ2v) is 4.02. The summed E-state index contributed by atoms with van der Waals surface area (Å²) in [4.78, 5) is 11.3. The molecule has 0 saturated heterocycles. The van der Waals surface area contributed by atoms with Crippen LogP contribution in [0.15, 0.2) is 36.6 Å². The van der Waals surface area contributed by atoms with Crippen LogP contribution in [0.1, 0.15) is 31.4 Å². The Labute approximate surface area is 101 Å². The van der Waals surface area contributed by atoms with Gasteiger partial charge in [0.05, 0.1) is 19.3 Å². The maximum atomic E-state index is 11.3. The number of ketones is 1. The summed E-state index contributed by atoms with van der Waals surface area (Å²) in [5, 5.41) is 0. The van der Waals surface area contributed by atoms with Gasteiger partial charge >= 0.3 is 0 Å². The molecule has 0 saturated carbocycles. The third-order valence-electron chi connectivity index (χ3n) is 2.61. The van der Waals surface area contributed by atoms with Gasteiger partial charge in [-0.2, -0.15) is 0 Å². The van der Waals surface area contributed by atoms with E-state index in [0.29, 0.717) is 6.42 Å². The van der Waals surface area contributed by atoms with Crippen LogP contribution in [0.3, 0.4) is 0 Å². The van der Waals surface area contributed by atoms with Crippen LogP contribution in [0.4, 0.5) is 0 Å². The van der Waals surface area contributed by atoms with Crippen molar-refractivity contribution in [2.24, 2.45) is 0 Å². The molecule has 1 aliphatic heterocycles. The van der Waals surface area contributed by atoms with Crippen molar-refractivity contribution in [1.82, 2.24) is 0 Å². The van der Waals surface area contributed by atoms with Crippen molar-refractivity contribution in [3.8, 4) is 5.75 Å². The minimum absolute atomic E-state index is 0.104. The fourth-order valence-electron chi connectivity index (χ4n) is 1.70. The molecule has 0 radical (unpaired) electrons. The van der Waals surface area contributed by atoms with Crippen LogP contribution in [0, 0.1) is 0 Å². The van der Waals surface area contributed by atoms with Gasteiger partial charge in [-0.3, -0.25) is 4.79 Å². The van der Waals surface area contributed by atoms with E-state index in [2.05, 4.69) is 6.92 Å². The van der Waals surface area contributed by atoms with Crippen molar-refractivity contribution in [3.63, 3.8) is 0 Å². The van der Waals surface area contributed by atoms with Gasteiger partial charge < -0.3 is 9.47 Å². The fraction of sp³-hybridized carbons (Fsp3) is 0.357. The van der Waals surface area contributed by atoms with Crippen LogP contribution >= 0.6 is 0 Å². The first-order valence-corrected chi connectivity index (χ1v) is 5.87. The third kappa shape index (κ3) is 3.09. The molecule has 1 heterocycles. The van der Waals surface area contributed by atoms with Gasteiger partial charge in [-0.05, 0) is 24.1 Å². The van der Waals surface area contributed by atoms with E-state index in [-0.39, 0.29) is 11.9 Å². The SMILES string of the molecule is CCCOc1ccc(C2CC(=O)C=CO2)cc1. The van der Waals surface area contributed by atoms with E-state index in [1.54, 1.807) is 0 Å². The fourth-order valence-corrected chi connectivity index (χ4v) is 1.70. The van der Waals surface area contributed by atoms with Crippen LogP contribution in [0.5, 0.6) is 5.75 Å². The second kappa shape index (κ2) is 5.53. The van der Waals surface area contributed by atoms with Crippen LogP contribution in [0.2, 0.25) is 0 Å². The van der Waals surface area contributed by atoms with E-state index < -0.39 is 0 Å². The maximum absolute atomic E-state index is 11.3. The lowest BCUT2D eigenvalue weighted by Gasteiger charge is -2.19. The number of carbonyl (C=O) groups excluding carboxylic acids is 1. The molecule has 0 amide bonds. The third-order valence-corrected chi connectivity index (χ3v) is 2.61. The number of allylic oxidation sites excluding steroid dienone is 1. The van der Waals surface area contributed by atoms with Gasteiger partial charge in [0, 0.05) is 6.08 Å². The highest BCUT2D eigenvalue weighted by Gasteiger charge is 2.18. The molecule has 0 fully saturated rings. The van der Waals surface area contributed by atoms with Gasteiger partial charge in [0.2, 0.25) is 0 Å². The number of carbonyl (C=O) groups is 1. The standard InChI is InChI=1S/C14H16O3/c1-2-8-16-13-5-3-11(4-6-13)14-10-12(15)7-9-17-14/h3-7,9,14H,2,8,10H2,1H3. The van der Waals surface area contributed by atoms with Gasteiger partial charge in [0.15, 0.2) is 5.78 Å². The predicted molar refractivity (Wildman–Crippen MR) is 64.8 cm³/mol.